The van der Waals surface area contributed by atoms with Crippen molar-refractivity contribution in [2.75, 3.05) is 7.11 Å². The van der Waals surface area contributed by atoms with Crippen LogP contribution in [-0.4, -0.2) is 13.0 Å². The van der Waals surface area contributed by atoms with Crippen LogP contribution in [0.2, 0.25) is 0 Å². The van der Waals surface area contributed by atoms with E-state index in [1.54, 1.807) is 0 Å². The minimum absolute atomic E-state index is 0.0207. The van der Waals surface area contributed by atoms with E-state index in [9.17, 15) is 18.0 Å². The van der Waals surface area contributed by atoms with Crippen molar-refractivity contribution in [2.24, 2.45) is 5.73 Å². The highest BCUT2D eigenvalue weighted by molar-refractivity contribution is 5.94. The second-order valence-electron chi connectivity index (χ2n) is 2.77. The number of hydrogen-bond acceptors (Lipinski definition) is 2. The number of ether oxygens (including phenoxy) is 1. The smallest absolute Gasteiger partial charge is 0.417 e. The third kappa shape index (κ3) is 2.39. The van der Waals surface area contributed by atoms with Gasteiger partial charge in [0.15, 0.2) is 0 Å². The van der Waals surface area contributed by atoms with E-state index in [0.29, 0.717) is 0 Å². The Labute approximate surface area is 83.6 Å². The van der Waals surface area contributed by atoms with Crippen LogP contribution in [0.1, 0.15) is 15.9 Å². The first kappa shape index (κ1) is 11.4. The summed E-state index contributed by atoms with van der Waals surface area (Å²) in [5.74, 6) is -1.10. The number of benzene rings is 1. The van der Waals surface area contributed by atoms with Gasteiger partial charge in [0.1, 0.15) is 5.75 Å². The molecular weight excluding hydrogens is 211 g/mol. The first-order valence-electron chi connectivity index (χ1n) is 3.91. The number of carbonyl (C=O) groups excluding carboxylic acids is 1. The molecule has 0 bridgehead atoms. The molecule has 0 atom stereocenters. The summed E-state index contributed by atoms with van der Waals surface area (Å²) < 4.78 is 42.0. The lowest BCUT2D eigenvalue weighted by Gasteiger charge is -2.11. The van der Waals surface area contributed by atoms with Crippen LogP contribution in [-0.2, 0) is 6.18 Å². The molecule has 0 heterocycles. The zero-order chi connectivity index (χ0) is 11.6. The molecule has 0 aliphatic carbocycles. The maximum atomic E-state index is 12.5. The van der Waals surface area contributed by atoms with Crippen molar-refractivity contribution in [2.45, 2.75) is 6.18 Å². The van der Waals surface area contributed by atoms with Gasteiger partial charge in [-0.25, -0.2) is 0 Å². The zero-order valence-electron chi connectivity index (χ0n) is 7.76. The van der Waals surface area contributed by atoms with Crippen LogP contribution in [0.3, 0.4) is 0 Å². The summed E-state index contributed by atoms with van der Waals surface area (Å²) in [6.07, 6.45) is -4.63. The van der Waals surface area contributed by atoms with E-state index in [-0.39, 0.29) is 5.75 Å². The molecule has 1 rings (SSSR count). The standard InChI is InChI=1S/C9H8F3NO2/c1-15-5-2-3-6(8(13)14)7(4-5)9(10,11)12/h2-4H,1H3,(H2,13,14). The first-order valence-corrected chi connectivity index (χ1v) is 3.91. The Hall–Kier alpha value is -1.72. The van der Waals surface area contributed by atoms with Gasteiger partial charge in [0, 0.05) is 0 Å². The number of rotatable bonds is 2. The lowest BCUT2D eigenvalue weighted by Crippen LogP contribution is -2.18. The van der Waals surface area contributed by atoms with Gasteiger partial charge in [-0.05, 0) is 18.2 Å². The number of alkyl halides is 3. The number of amides is 1. The molecule has 0 unspecified atom stereocenters. The van der Waals surface area contributed by atoms with Crippen molar-refractivity contribution in [3.05, 3.63) is 29.3 Å². The van der Waals surface area contributed by atoms with Gasteiger partial charge in [0.2, 0.25) is 5.91 Å². The third-order valence-corrected chi connectivity index (χ3v) is 1.80. The van der Waals surface area contributed by atoms with E-state index in [1.165, 1.54) is 13.2 Å². The van der Waals surface area contributed by atoms with Gasteiger partial charge in [-0.1, -0.05) is 0 Å². The van der Waals surface area contributed by atoms with Crippen LogP contribution in [0.15, 0.2) is 18.2 Å². The summed E-state index contributed by atoms with van der Waals surface area (Å²) in [5.41, 5.74) is 3.17. The monoisotopic (exact) mass is 219 g/mol. The predicted molar refractivity (Wildman–Crippen MR) is 46.5 cm³/mol. The fourth-order valence-electron chi connectivity index (χ4n) is 1.10. The van der Waals surface area contributed by atoms with Crippen molar-refractivity contribution < 1.29 is 22.7 Å². The summed E-state index contributed by atoms with van der Waals surface area (Å²) in [6.45, 7) is 0. The van der Waals surface area contributed by atoms with Crippen molar-refractivity contribution in [1.29, 1.82) is 0 Å². The number of carbonyl (C=O) groups is 1. The molecule has 1 amide bonds. The predicted octanol–water partition coefficient (Wildman–Crippen LogP) is 1.81. The summed E-state index contributed by atoms with van der Waals surface area (Å²) in [7, 11) is 1.24. The van der Waals surface area contributed by atoms with Crippen LogP contribution < -0.4 is 10.5 Å². The average molecular weight is 219 g/mol. The average Bonchev–Trinajstić information content (AvgIpc) is 2.15. The van der Waals surface area contributed by atoms with E-state index in [1.807, 2.05) is 0 Å². The van der Waals surface area contributed by atoms with Crippen molar-refractivity contribution in [3.8, 4) is 5.75 Å². The minimum atomic E-state index is -4.63. The summed E-state index contributed by atoms with van der Waals surface area (Å²) in [4.78, 5) is 10.7. The van der Waals surface area contributed by atoms with E-state index in [2.05, 4.69) is 4.74 Å². The molecule has 0 aliphatic heterocycles. The van der Waals surface area contributed by atoms with Crippen molar-refractivity contribution in [1.82, 2.24) is 0 Å². The molecule has 3 nitrogen and oxygen atoms in total. The number of halogens is 3. The second kappa shape index (κ2) is 3.80. The van der Waals surface area contributed by atoms with E-state index >= 15 is 0 Å². The molecule has 2 N–H and O–H groups in total. The number of hydrogen-bond donors (Lipinski definition) is 1. The fourth-order valence-corrected chi connectivity index (χ4v) is 1.10. The van der Waals surface area contributed by atoms with Crippen molar-refractivity contribution >= 4 is 5.91 Å². The van der Waals surface area contributed by atoms with Gasteiger partial charge in [-0.3, -0.25) is 4.79 Å². The Morgan fingerprint density at radius 2 is 2.00 bits per heavy atom. The van der Waals surface area contributed by atoms with Gasteiger partial charge in [0.05, 0.1) is 18.2 Å². The third-order valence-electron chi connectivity index (χ3n) is 1.80. The van der Waals surface area contributed by atoms with Gasteiger partial charge in [-0.15, -0.1) is 0 Å². The maximum absolute atomic E-state index is 12.5. The lowest BCUT2D eigenvalue weighted by atomic mass is 10.1. The molecule has 1 aromatic rings. The zero-order valence-corrected chi connectivity index (χ0v) is 7.76. The molecule has 82 valence electrons. The number of nitrogens with two attached hydrogens (primary N) is 1. The molecule has 0 aromatic heterocycles. The molecule has 0 radical (unpaired) electrons. The Kier molecular flexibility index (Phi) is 2.88. The first-order chi connectivity index (χ1) is 6.86. The van der Waals surface area contributed by atoms with Crippen LogP contribution >= 0.6 is 0 Å². The van der Waals surface area contributed by atoms with Crippen LogP contribution in [0.5, 0.6) is 5.75 Å². The quantitative estimate of drug-likeness (QED) is 0.824. The maximum Gasteiger partial charge on any atom is 0.417 e. The highest BCUT2D eigenvalue weighted by atomic mass is 19.4. The molecular formula is C9H8F3NO2. The molecule has 0 fully saturated rings. The minimum Gasteiger partial charge on any atom is -0.497 e. The van der Waals surface area contributed by atoms with Gasteiger partial charge >= 0.3 is 6.18 Å². The lowest BCUT2D eigenvalue weighted by molar-refractivity contribution is -0.138. The summed E-state index contributed by atoms with van der Waals surface area (Å²) in [6, 6.07) is 2.97. The molecule has 0 aliphatic rings. The van der Waals surface area contributed by atoms with Gasteiger partial charge in [-0.2, -0.15) is 13.2 Å². The van der Waals surface area contributed by atoms with E-state index < -0.39 is 23.2 Å². The Balaban J connectivity index is 3.36. The van der Waals surface area contributed by atoms with E-state index in [0.717, 1.165) is 12.1 Å². The van der Waals surface area contributed by atoms with Gasteiger partial charge < -0.3 is 10.5 Å². The number of primary amides is 1. The Morgan fingerprint density at radius 3 is 2.40 bits per heavy atom. The highest BCUT2D eigenvalue weighted by Crippen LogP contribution is 2.34. The highest BCUT2D eigenvalue weighted by Gasteiger charge is 2.35. The van der Waals surface area contributed by atoms with Crippen LogP contribution in [0.25, 0.3) is 0 Å². The largest absolute Gasteiger partial charge is 0.497 e. The summed E-state index contributed by atoms with van der Waals surface area (Å²) >= 11 is 0. The SMILES string of the molecule is COc1ccc(C(N)=O)c(C(F)(F)F)c1. The topological polar surface area (TPSA) is 52.3 Å². The normalized spacial score (nSPS) is 11.2. The van der Waals surface area contributed by atoms with Crippen LogP contribution in [0, 0.1) is 0 Å². The molecule has 1 aromatic carbocycles. The second-order valence-corrected chi connectivity index (χ2v) is 2.77. The van der Waals surface area contributed by atoms with Crippen LogP contribution in [0.4, 0.5) is 13.2 Å². The number of methoxy groups -OCH3 is 1. The van der Waals surface area contributed by atoms with Crippen molar-refractivity contribution in [3.63, 3.8) is 0 Å². The molecule has 15 heavy (non-hydrogen) atoms. The van der Waals surface area contributed by atoms with Gasteiger partial charge in [0.25, 0.3) is 0 Å². The molecule has 0 spiro atoms. The summed E-state index contributed by atoms with van der Waals surface area (Å²) in [5, 5.41) is 0. The molecule has 0 saturated carbocycles. The molecule has 0 saturated heterocycles. The molecule has 6 heteroatoms. The fraction of sp³-hybridized carbons (Fsp3) is 0.222. The Bertz CT molecular complexity index is 387. The van der Waals surface area contributed by atoms with E-state index in [4.69, 9.17) is 5.73 Å². The Morgan fingerprint density at radius 1 is 1.40 bits per heavy atom.